The lowest BCUT2D eigenvalue weighted by molar-refractivity contribution is 0.0524. The molecule has 0 aromatic heterocycles. The van der Waals surface area contributed by atoms with Gasteiger partial charge in [-0.3, -0.25) is 4.79 Å². The van der Waals surface area contributed by atoms with Gasteiger partial charge in [-0.2, -0.15) is 0 Å². The van der Waals surface area contributed by atoms with Gasteiger partial charge in [0.15, 0.2) is 0 Å². The van der Waals surface area contributed by atoms with Crippen LogP contribution in [0.15, 0.2) is 27.6 Å². The van der Waals surface area contributed by atoms with Gasteiger partial charge in [-0.25, -0.2) is 0 Å². The lowest BCUT2D eigenvalue weighted by atomic mass is 9.91. The van der Waals surface area contributed by atoms with Gasteiger partial charge in [0.05, 0.1) is 12.2 Å². The minimum atomic E-state index is -0.0310. The standard InChI is InChI=1S/C13H16BrNO2S/c14-12-5-4-10(18)8-11(12)13(17)15(6-7-16)9-2-1-3-9/h4-5,8-9,16,18H,1-3,6-7H2. The molecule has 1 aliphatic carbocycles. The molecule has 0 radical (unpaired) electrons. The van der Waals surface area contributed by atoms with Gasteiger partial charge in [0.2, 0.25) is 0 Å². The number of halogens is 1. The van der Waals surface area contributed by atoms with E-state index in [4.69, 9.17) is 5.11 Å². The lowest BCUT2D eigenvalue weighted by Crippen LogP contribution is -2.45. The SMILES string of the molecule is O=C(c1cc(S)ccc1Br)N(CCO)C1CCC1. The zero-order valence-corrected chi connectivity index (χ0v) is 12.5. The first-order valence-electron chi connectivity index (χ1n) is 6.04. The minimum absolute atomic E-state index is 0.000421. The van der Waals surface area contributed by atoms with E-state index in [1.807, 2.05) is 12.1 Å². The van der Waals surface area contributed by atoms with Crippen LogP contribution in [-0.2, 0) is 0 Å². The Labute approximate surface area is 121 Å². The van der Waals surface area contributed by atoms with Crippen molar-refractivity contribution >= 4 is 34.5 Å². The molecule has 1 N–H and O–H groups in total. The maximum absolute atomic E-state index is 12.5. The highest BCUT2D eigenvalue weighted by Gasteiger charge is 2.29. The Morgan fingerprint density at radius 2 is 2.22 bits per heavy atom. The number of aliphatic hydroxyl groups is 1. The Balaban J connectivity index is 2.23. The predicted octanol–water partition coefficient (Wildman–Crippen LogP) is 2.72. The number of benzene rings is 1. The van der Waals surface area contributed by atoms with Crippen LogP contribution in [0.5, 0.6) is 0 Å². The van der Waals surface area contributed by atoms with Crippen molar-refractivity contribution in [3.05, 3.63) is 28.2 Å². The summed E-state index contributed by atoms with van der Waals surface area (Å²) < 4.78 is 0.771. The molecule has 1 fully saturated rings. The summed E-state index contributed by atoms with van der Waals surface area (Å²) in [6.07, 6.45) is 3.22. The Morgan fingerprint density at radius 1 is 1.50 bits per heavy atom. The second kappa shape index (κ2) is 6.08. The van der Waals surface area contributed by atoms with Crippen LogP contribution in [0.3, 0.4) is 0 Å². The molecule has 1 saturated carbocycles. The minimum Gasteiger partial charge on any atom is -0.395 e. The number of hydrogen-bond acceptors (Lipinski definition) is 3. The van der Waals surface area contributed by atoms with Crippen molar-refractivity contribution in [2.45, 2.75) is 30.2 Å². The molecule has 1 aliphatic rings. The fourth-order valence-electron chi connectivity index (χ4n) is 2.09. The summed E-state index contributed by atoms with van der Waals surface area (Å²) in [6, 6.07) is 5.70. The molecule has 0 saturated heterocycles. The van der Waals surface area contributed by atoms with Crippen LogP contribution < -0.4 is 0 Å². The molecule has 5 heteroatoms. The lowest BCUT2D eigenvalue weighted by Gasteiger charge is -2.37. The van der Waals surface area contributed by atoms with E-state index in [0.717, 1.165) is 28.6 Å². The number of nitrogens with zero attached hydrogens (tertiary/aromatic N) is 1. The Kier molecular flexibility index (Phi) is 4.70. The molecule has 2 rings (SSSR count). The molecule has 0 bridgehead atoms. The van der Waals surface area contributed by atoms with E-state index in [2.05, 4.69) is 28.6 Å². The van der Waals surface area contributed by atoms with Gasteiger partial charge in [0, 0.05) is 22.0 Å². The molecular weight excluding hydrogens is 314 g/mol. The number of amides is 1. The summed E-state index contributed by atoms with van der Waals surface area (Å²) in [4.78, 5) is 15.0. The van der Waals surface area contributed by atoms with E-state index < -0.39 is 0 Å². The van der Waals surface area contributed by atoms with Crippen molar-refractivity contribution in [3.63, 3.8) is 0 Å². The fourth-order valence-corrected chi connectivity index (χ4v) is 2.71. The third-order valence-electron chi connectivity index (χ3n) is 3.30. The van der Waals surface area contributed by atoms with E-state index >= 15 is 0 Å². The molecule has 0 aliphatic heterocycles. The molecule has 3 nitrogen and oxygen atoms in total. The van der Waals surface area contributed by atoms with Crippen LogP contribution in [0, 0.1) is 0 Å². The first-order chi connectivity index (χ1) is 8.63. The number of carbonyl (C=O) groups excluding carboxylic acids is 1. The van der Waals surface area contributed by atoms with Crippen LogP contribution in [-0.4, -0.2) is 35.1 Å². The van der Waals surface area contributed by atoms with E-state index in [-0.39, 0.29) is 18.6 Å². The summed E-state index contributed by atoms with van der Waals surface area (Å²) >= 11 is 7.66. The first kappa shape index (κ1) is 13.9. The maximum Gasteiger partial charge on any atom is 0.255 e. The summed E-state index contributed by atoms with van der Waals surface area (Å²) in [5, 5.41) is 9.10. The topological polar surface area (TPSA) is 40.5 Å². The quantitative estimate of drug-likeness (QED) is 0.834. The summed E-state index contributed by atoms with van der Waals surface area (Å²) in [6.45, 7) is 0.396. The summed E-state index contributed by atoms with van der Waals surface area (Å²) in [5.74, 6) is -0.0310. The molecule has 98 valence electrons. The number of hydrogen-bond donors (Lipinski definition) is 2. The fraction of sp³-hybridized carbons (Fsp3) is 0.462. The van der Waals surface area contributed by atoms with Crippen molar-refractivity contribution in [2.24, 2.45) is 0 Å². The van der Waals surface area contributed by atoms with E-state index in [1.165, 1.54) is 0 Å². The van der Waals surface area contributed by atoms with Gasteiger partial charge in [-0.1, -0.05) is 0 Å². The van der Waals surface area contributed by atoms with Crippen molar-refractivity contribution in [2.75, 3.05) is 13.2 Å². The molecular formula is C13H16BrNO2S. The van der Waals surface area contributed by atoms with Crippen LogP contribution in [0.1, 0.15) is 29.6 Å². The van der Waals surface area contributed by atoms with Crippen molar-refractivity contribution in [1.29, 1.82) is 0 Å². The molecule has 18 heavy (non-hydrogen) atoms. The van der Waals surface area contributed by atoms with E-state index in [0.29, 0.717) is 12.1 Å². The molecule has 0 atom stereocenters. The average molecular weight is 330 g/mol. The first-order valence-corrected chi connectivity index (χ1v) is 7.28. The van der Waals surface area contributed by atoms with E-state index in [1.54, 1.807) is 11.0 Å². The maximum atomic E-state index is 12.5. The third kappa shape index (κ3) is 2.90. The van der Waals surface area contributed by atoms with Gasteiger partial charge < -0.3 is 10.0 Å². The average Bonchev–Trinajstić information content (AvgIpc) is 2.28. The zero-order valence-electron chi connectivity index (χ0n) is 9.97. The molecule has 1 aromatic carbocycles. The predicted molar refractivity (Wildman–Crippen MR) is 77.2 cm³/mol. The number of thiol groups is 1. The largest absolute Gasteiger partial charge is 0.395 e. The van der Waals surface area contributed by atoms with Crippen molar-refractivity contribution < 1.29 is 9.90 Å². The highest BCUT2D eigenvalue weighted by molar-refractivity contribution is 9.10. The van der Waals surface area contributed by atoms with Gasteiger partial charge in [-0.05, 0) is 53.4 Å². The number of rotatable bonds is 4. The van der Waals surface area contributed by atoms with Crippen molar-refractivity contribution in [3.8, 4) is 0 Å². The Morgan fingerprint density at radius 3 is 2.78 bits per heavy atom. The van der Waals surface area contributed by atoms with Crippen LogP contribution in [0.2, 0.25) is 0 Å². The molecule has 0 heterocycles. The monoisotopic (exact) mass is 329 g/mol. The highest BCUT2D eigenvalue weighted by atomic mass is 79.9. The van der Waals surface area contributed by atoms with Crippen LogP contribution >= 0.6 is 28.6 Å². The smallest absolute Gasteiger partial charge is 0.255 e. The third-order valence-corrected chi connectivity index (χ3v) is 4.27. The zero-order chi connectivity index (χ0) is 13.1. The number of carbonyl (C=O) groups is 1. The molecule has 0 unspecified atom stereocenters. The highest BCUT2D eigenvalue weighted by Crippen LogP contribution is 2.28. The van der Waals surface area contributed by atoms with Gasteiger partial charge in [0.25, 0.3) is 5.91 Å². The van der Waals surface area contributed by atoms with Crippen LogP contribution in [0.4, 0.5) is 0 Å². The second-order valence-corrected chi connectivity index (χ2v) is 5.84. The molecule has 0 spiro atoms. The molecule has 1 amide bonds. The number of aliphatic hydroxyl groups excluding tert-OH is 1. The Hall–Kier alpha value is -0.520. The van der Waals surface area contributed by atoms with Gasteiger partial charge in [0.1, 0.15) is 0 Å². The van der Waals surface area contributed by atoms with Crippen LogP contribution in [0.25, 0.3) is 0 Å². The van der Waals surface area contributed by atoms with Crippen molar-refractivity contribution in [1.82, 2.24) is 4.90 Å². The summed E-state index contributed by atoms with van der Waals surface area (Å²) in [7, 11) is 0. The van der Waals surface area contributed by atoms with Gasteiger partial charge in [-0.15, -0.1) is 12.6 Å². The second-order valence-electron chi connectivity index (χ2n) is 4.47. The normalized spacial score (nSPS) is 15.3. The van der Waals surface area contributed by atoms with E-state index in [9.17, 15) is 4.79 Å². The summed E-state index contributed by atoms with van der Waals surface area (Å²) in [5.41, 5.74) is 0.614. The Bertz CT molecular complexity index is 449. The van der Waals surface area contributed by atoms with Gasteiger partial charge >= 0.3 is 0 Å². The molecule has 1 aromatic rings.